The van der Waals surface area contributed by atoms with E-state index < -0.39 is 17.8 Å². The molecular formula is C12H13F3N2O. The van der Waals surface area contributed by atoms with Gasteiger partial charge in [0, 0.05) is 12.7 Å². The molecule has 1 aliphatic heterocycles. The third kappa shape index (κ3) is 2.47. The van der Waals surface area contributed by atoms with Crippen molar-refractivity contribution >= 4 is 12.1 Å². The SMILES string of the molecule is O=CC1CCCCN1c1ncccc1C(F)(F)F. The zero-order valence-corrected chi connectivity index (χ0v) is 9.65. The van der Waals surface area contributed by atoms with E-state index in [1.165, 1.54) is 17.2 Å². The summed E-state index contributed by atoms with van der Waals surface area (Å²) in [5.41, 5.74) is -0.779. The lowest BCUT2D eigenvalue weighted by atomic mass is 10.0. The Morgan fingerprint density at radius 1 is 1.39 bits per heavy atom. The van der Waals surface area contributed by atoms with Gasteiger partial charge in [0.05, 0.1) is 11.6 Å². The molecule has 1 saturated heterocycles. The van der Waals surface area contributed by atoms with E-state index in [1.54, 1.807) is 0 Å². The predicted octanol–water partition coefficient (Wildman–Crippen LogP) is 2.66. The molecule has 1 aromatic heterocycles. The summed E-state index contributed by atoms with van der Waals surface area (Å²) in [4.78, 5) is 16.2. The van der Waals surface area contributed by atoms with Crippen molar-refractivity contribution in [3.63, 3.8) is 0 Å². The highest BCUT2D eigenvalue weighted by Gasteiger charge is 2.37. The fourth-order valence-electron chi connectivity index (χ4n) is 2.21. The highest BCUT2D eigenvalue weighted by atomic mass is 19.4. The van der Waals surface area contributed by atoms with Gasteiger partial charge in [0.25, 0.3) is 0 Å². The van der Waals surface area contributed by atoms with Crippen molar-refractivity contribution in [3.8, 4) is 0 Å². The van der Waals surface area contributed by atoms with Gasteiger partial charge in [-0.15, -0.1) is 0 Å². The minimum Gasteiger partial charge on any atom is -0.346 e. The number of hydrogen-bond acceptors (Lipinski definition) is 3. The van der Waals surface area contributed by atoms with E-state index in [0.29, 0.717) is 19.3 Å². The Morgan fingerprint density at radius 3 is 2.83 bits per heavy atom. The number of aldehydes is 1. The molecule has 1 aromatic rings. The normalized spacial score (nSPS) is 20.8. The van der Waals surface area contributed by atoms with E-state index in [-0.39, 0.29) is 5.82 Å². The maximum Gasteiger partial charge on any atom is 0.419 e. The molecule has 0 spiro atoms. The highest BCUT2D eigenvalue weighted by molar-refractivity contribution is 5.66. The van der Waals surface area contributed by atoms with Gasteiger partial charge in [-0.3, -0.25) is 0 Å². The van der Waals surface area contributed by atoms with E-state index in [4.69, 9.17) is 0 Å². The van der Waals surface area contributed by atoms with Gasteiger partial charge in [-0.1, -0.05) is 0 Å². The molecule has 2 heterocycles. The lowest BCUT2D eigenvalue weighted by Gasteiger charge is -2.34. The van der Waals surface area contributed by atoms with Crippen LogP contribution < -0.4 is 4.90 Å². The number of hydrogen-bond donors (Lipinski definition) is 0. The Bertz CT molecular complexity index is 434. The van der Waals surface area contributed by atoms with E-state index in [9.17, 15) is 18.0 Å². The third-order valence-electron chi connectivity index (χ3n) is 3.07. The van der Waals surface area contributed by atoms with Crippen LogP contribution in [0.3, 0.4) is 0 Å². The first-order chi connectivity index (χ1) is 8.54. The van der Waals surface area contributed by atoms with Crippen LogP contribution in [-0.4, -0.2) is 23.9 Å². The van der Waals surface area contributed by atoms with Crippen molar-refractivity contribution < 1.29 is 18.0 Å². The van der Waals surface area contributed by atoms with Crippen LogP contribution in [0.4, 0.5) is 19.0 Å². The largest absolute Gasteiger partial charge is 0.419 e. The summed E-state index contributed by atoms with van der Waals surface area (Å²) in [7, 11) is 0. The number of halogens is 3. The maximum atomic E-state index is 12.9. The molecule has 0 aromatic carbocycles. The second-order valence-electron chi connectivity index (χ2n) is 4.26. The van der Waals surface area contributed by atoms with Crippen LogP contribution in [0.15, 0.2) is 18.3 Å². The summed E-state index contributed by atoms with van der Waals surface area (Å²) in [6.45, 7) is 0.434. The van der Waals surface area contributed by atoms with Crippen molar-refractivity contribution in [2.24, 2.45) is 0 Å². The fraction of sp³-hybridized carbons (Fsp3) is 0.500. The Labute approximate surface area is 103 Å². The Balaban J connectivity index is 2.40. The molecule has 3 nitrogen and oxygen atoms in total. The average molecular weight is 258 g/mol. The number of carbonyl (C=O) groups excluding carboxylic acids is 1. The summed E-state index contributed by atoms with van der Waals surface area (Å²) in [5.74, 6) is -0.137. The third-order valence-corrected chi connectivity index (χ3v) is 3.07. The average Bonchev–Trinajstić information content (AvgIpc) is 2.37. The van der Waals surface area contributed by atoms with Crippen LogP contribution in [0.5, 0.6) is 0 Å². The lowest BCUT2D eigenvalue weighted by molar-refractivity contribution is -0.137. The zero-order chi connectivity index (χ0) is 13.2. The smallest absolute Gasteiger partial charge is 0.346 e. The van der Waals surface area contributed by atoms with Gasteiger partial charge in [0.2, 0.25) is 0 Å². The van der Waals surface area contributed by atoms with Crippen molar-refractivity contribution in [2.45, 2.75) is 31.5 Å². The van der Waals surface area contributed by atoms with Crippen LogP contribution in [0.2, 0.25) is 0 Å². The summed E-state index contributed by atoms with van der Waals surface area (Å²) >= 11 is 0. The Morgan fingerprint density at radius 2 is 2.17 bits per heavy atom. The van der Waals surface area contributed by atoms with E-state index in [2.05, 4.69) is 4.98 Å². The van der Waals surface area contributed by atoms with Gasteiger partial charge in [0.15, 0.2) is 0 Å². The summed E-state index contributed by atoms with van der Waals surface area (Å²) < 4.78 is 38.6. The van der Waals surface area contributed by atoms with Crippen LogP contribution in [0.1, 0.15) is 24.8 Å². The molecule has 0 amide bonds. The quantitative estimate of drug-likeness (QED) is 0.765. The number of alkyl halides is 3. The summed E-state index contributed by atoms with van der Waals surface area (Å²) in [6.07, 6.45) is -0.215. The molecule has 1 unspecified atom stereocenters. The molecule has 2 rings (SSSR count). The first-order valence-electron chi connectivity index (χ1n) is 5.78. The summed E-state index contributed by atoms with van der Waals surface area (Å²) in [6, 6.07) is 1.75. The molecule has 1 fully saturated rings. The molecule has 6 heteroatoms. The number of pyridine rings is 1. The van der Waals surface area contributed by atoms with Gasteiger partial charge in [-0.2, -0.15) is 13.2 Å². The number of nitrogens with zero attached hydrogens (tertiary/aromatic N) is 2. The highest BCUT2D eigenvalue weighted by Crippen LogP contribution is 2.36. The number of anilines is 1. The van der Waals surface area contributed by atoms with Crippen molar-refractivity contribution in [1.82, 2.24) is 4.98 Å². The maximum absolute atomic E-state index is 12.9. The molecule has 0 saturated carbocycles. The van der Waals surface area contributed by atoms with Crippen LogP contribution in [-0.2, 0) is 11.0 Å². The number of piperidine rings is 1. The standard InChI is InChI=1S/C12H13F3N2O/c13-12(14,15)10-5-3-6-16-11(10)17-7-2-1-4-9(17)8-18/h3,5-6,8-9H,1-2,4,7H2. The number of carbonyl (C=O) groups is 1. The fourth-order valence-corrected chi connectivity index (χ4v) is 2.21. The molecular weight excluding hydrogens is 245 g/mol. The van der Waals surface area contributed by atoms with E-state index in [1.807, 2.05) is 0 Å². The van der Waals surface area contributed by atoms with Crippen LogP contribution in [0, 0.1) is 0 Å². The van der Waals surface area contributed by atoms with Gasteiger partial charge in [0.1, 0.15) is 12.1 Å². The van der Waals surface area contributed by atoms with Crippen molar-refractivity contribution in [2.75, 3.05) is 11.4 Å². The molecule has 0 radical (unpaired) electrons. The molecule has 1 aliphatic rings. The Hall–Kier alpha value is -1.59. The monoisotopic (exact) mass is 258 g/mol. The minimum absolute atomic E-state index is 0.137. The first-order valence-corrected chi connectivity index (χ1v) is 5.78. The Kier molecular flexibility index (Phi) is 3.54. The molecule has 1 atom stereocenters. The number of aromatic nitrogens is 1. The van der Waals surface area contributed by atoms with Crippen molar-refractivity contribution in [1.29, 1.82) is 0 Å². The molecule has 18 heavy (non-hydrogen) atoms. The van der Waals surface area contributed by atoms with Crippen LogP contribution >= 0.6 is 0 Å². The first kappa shape index (κ1) is 12.9. The predicted molar refractivity (Wildman–Crippen MR) is 60.3 cm³/mol. The van der Waals surface area contributed by atoms with Gasteiger partial charge in [-0.25, -0.2) is 4.98 Å². The molecule has 0 aliphatic carbocycles. The lowest BCUT2D eigenvalue weighted by Crippen LogP contribution is -2.42. The van der Waals surface area contributed by atoms with Gasteiger partial charge >= 0.3 is 6.18 Å². The molecule has 98 valence electrons. The minimum atomic E-state index is -4.45. The zero-order valence-electron chi connectivity index (χ0n) is 9.65. The van der Waals surface area contributed by atoms with E-state index >= 15 is 0 Å². The molecule has 0 N–H and O–H groups in total. The van der Waals surface area contributed by atoms with E-state index in [0.717, 1.165) is 18.9 Å². The summed E-state index contributed by atoms with van der Waals surface area (Å²) in [5, 5.41) is 0. The van der Waals surface area contributed by atoms with Gasteiger partial charge in [-0.05, 0) is 31.4 Å². The van der Waals surface area contributed by atoms with Crippen LogP contribution in [0.25, 0.3) is 0 Å². The topological polar surface area (TPSA) is 33.2 Å². The second kappa shape index (κ2) is 4.96. The second-order valence-corrected chi connectivity index (χ2v) is 4.26. The van der Waals surface area contributed by atoms with Crippen molar-refractivity contribution in [3.05, 3.63) is 23.9 Å². The number of rotatable bonds is 2. The van der Waals surface area contributed by atoms with Gasteiger partial charge < -0.3 is 9.69 Å². The molecule has 0 bridgehead atoms.